The maximum absolute atomic E-state index is 4.64. The van der Waals surface area contributed by atoms with Gasteiger partial charge in [-0.1, -0.05) is 6.07 Å². The predicted octanol–water partition coefficient (Wildman–Crippen LogP) is 4.83. The molecule has 0 spiro atoms. The molecule has 0 saturated heterocycles. The number of hydrogen-bond acceptors (Lipinski definition) is 1. The molecule has 0 aliphatic rings. The molecule has 20 heavy (non-hydrogen) atoms. The largest absolute Gasteiger partial charge is 0.260 e. The summed E-state index contributed by atoms with van der Waals surface area (Å²) in [6.07, 6.45) is 2.91. The van der Waals surface area contributed by atoms with Crippen molar-refractivity contribution in [2.45, 2.75) is 54.9 Å². The first-order chi connectivity index (χ1) is 9.32. The minimum Gasteiger partial charge on any atom is -0.260 e. The maximum Gasteiger partial charge on any atom is 0.0476 e. The summed E-state index contributed by atoms with van der Waals surface area (Å²) in [5.74, 6) is 0. The number of rotatable bonds is 2. The molecular formula is C19H25N. The second kappa shape index (κ2) is 5.40. The van der Waals surface area contributed by atoms with E-state index < -0.39 is 0 Å². The molecule has 0 amide bonds. The lowest BCUT2D eigenvalue weighted by Gasteiger charge is -2.19. The van der Waals surface area contributed by atoms with Crippen LogP contribution in [0.15, 0.2) is 12.3 Å². The molecule has 0 N–H and O–H groups in total. The van der Waals surface area contributed by atoms with Gasteiger partial charge in [0.25, 0.3) is 0 Å². The molecule has 0 aliphatic carbocycles. The van der Waals surface area contributed by atoms with Crippen LogP contribution < -0.4 is 0 Å². The van der Waals surface area contributed by atoms with Gasteiger partial charge in [0.05, 0.1) is 0 Å². The molecule has 0 fully saturated rings. The van der Waals surface area contributed by atoms with Crippen LogP contribution in [0.2, 0.25) is 0 Å². The maximum atomic E-state index is 4.64. The van der Waals surface area contributed by atoms with Crippen molar-refractivity contribution < 1.29 is 0 Å². The van der Waals surface area contributed by atoms with Gasteiger partial charge in [0.2, 0.25) is 0 Å². The summed E-state index contributed by atoms with van der Waals surface area (Å²) >= 11 is 0. The topological polar surface area (TPSA) is 12.9 Å². The molecule has 1 heterocycles. The van der Waals surface area contributed by atoms with Crippen LogP contribution in [-0.4, -0.2) is 4.98 Å². The second-order valence-corrected chi connectivity index (χ2v) is 6.06. The van der Waals surface area contributed by atoms with Gasteiger partial charge in [0.1, 0.15) is 0 Å². The van der Waals surface area contributed by atoms with Crippen LogP contribution >= 0.6 is 0 Å². The van der Waals surface area contributed by atoms with E-state index in [9.17, 15) is 0 Å². The Kier molecular flexibility index (Phi) is 3.99. The number of nitrogens with zero attached hydrogens (tertiary/aromatic N) is 1. The highest BCUT2D eigenvalue weighted by Crippen LogP contribution is 2.28. The first-order valence-electron chi connectivity index (χ1n) is 7.30. The molecule has 0 aliphatic heterocycles. The number of aryl methyl sites for hydroxylation is 2. The summed E-state index contributed by atoms with van der Waals surface area (Å²) in [5.41, 5.74) is 12.3. The minimum absolute atomic E-state index is 0.936. The quantitative estimate of drug-likeness (QED) is 0.759. The monoisotopic (exact) mass is 267 g/mol. The zero-order chi connectivity index (χ0) is 15.0. The van der Waals surface area contributed by atoms with E-state index in [1.165, 1.54) is 50.2 Å². The Morgan fingerprint density at radius 1 is 0.750 bits per heavy atom. The minimum atomic E-state index is 0.936. The van der Waals surface area contributed by atoms with Gasteiger partial charge in [-0.25, -0.2) is 0 Å². The molecule has 0 atom stereocenters. The summed E-state index contributed by atoms with van der Waals surface area (Å²) in [4.78, 5) is 4.64. The fourth-order valence-corrected chi connectivity index (χ4v) is 2.94. The van der Waals surface area contributed by atoms with E-state index >= 15 is 0 Å². The van der Waals surface area contributed by atoms with Crippen molar-refractivity contribution in [2.75, 3.05) is 0 Å². The lowest BCUT2D eigenvalue weighted by Crippen LogP contribution is -2.05. The number of hydrogen-bond donors (Lipinski definition) is 0. The van der Waals surface area contributed by atoms with E-state index in [-0.39, 0.29) is 0 Å². The SMILES string of the molecule is Cc1cnc(Cc2c(C)c(C)c(C)c(C)c2C)c(C)c1. The number of aromatic nitrogens is 1. The highest BCUT2D eigenvalue weighted by Gasteiger charge is 2.13. The van der Waals surface area contributed by atoms with E-state index in [1.807, 2.05) is 6.20 Å². The first-order valence-corrected chi connectivity index (χ1v) is 7.30. The first kappa shape index (κ1) is 14.8. The van der Waals surface area contributed by atoms with Gasteiger partial charge in [0.15, 0.2) is 0 Å². The Morgan fingerprint density at radius 3 is 1.75 bits per heavy atom. The second-order valence-electron chi connectivity index (χ2n) is 6.06. The molecule has 2 aromatic rings. The van der Waals surface area contributed by atoms with Gasteiger partial charge in [-0.05, 0) is 93.0 Å². The number of benzene rings is 1. The zero-order valence-corrected chi connectivity index (χ0v) is 13.8. The van der Waals surface area contributed by atoms with Gasteiger partial charge in [-0.2, -0.15) is 0 Å². The smallest absolute Gasteiger partial charge is 0.0476 e. The van der Waals surface area contributed by atoms with Crippen molar-refractivity contribution in [1.29, 1.82) is 0 Å². The Morgan fingerprint density at radius 2 is 1.25 bits per heavy atom. The van der Waals surface area contributed by atoms with E-state index in [2.05, 4.69) is 59.5 Å². The molecule has 0 bridgehead atoms. The van der Waals surface area contributed by atoms with Gasteiger partial charge in [-0.3, -0.25) is 4.98 Å². The van der Waals surface area contributed by atoms with Crippen molar-refractivity contribution >= 4 is 0 Å². The van der Waals surface area contributed by atoms with Crippen LogP contribution in [0.25, 0.3) is 0 Å². The molecule has 1 nitrogen and oxygen atoms in total. The molecule has 0 saturated carbocycles. The van der Waals surface area contributed by atoms with Crippen LogP contribution in [0, 0.1) is 48.5 Å². The average molecular weight is 267 g/mol. The third-order valence-corrected chi connectivity index (χ3v) is 4.82. The van der Waals surface area contributed by atoms with Crippen LogP contribution in [0.1, 0.15) is 50.2 Å². The van der Waals surface area contributed by atoms with Crippen LogP contribution in [0.5, 0.6) is 0 Å². The van der Waals surface area contributed by atoms with Gasteiger partial charge >= 0.3 is 0 Å². The van der Waals surface area contributed by atoms with Crippen molar-refractivity contribution in [3.8, 4) is 0 Å². The van der Waals surface area contributed by atoms with E-state index in [1.54, 1.807) is 0 Å². The third kappa shape index (κ3) is 2.49. The number of pyridine rings is 1. The molecule has 106 valence electrons. The van der Waals surface area contributed by atoms with Gasteiger partial charge < -0.3 is 0 Å². The fourth-order valence-electron chi connectivity index (χ4n) is 2.94. The summed E-state index contributed by atoms with van der Waals surface area (Å²) in [6.45, 7) is 15.4. The average Bonchev–Trinajstić information content (AvgIpc) is 2.41. The van der Waals surface area contributed by atoms with Crippen LogP contribution in [0.3, 0.4) is 0 Å². The molecular weight excluding hydrogens is 242 g/mol. The Bertz CT molecular complexity index is 637. The summed E-state index contributed by atoms with van der Waals surface area (Å²) in [6, 6.07) is 2.22. The van der Waals surface area contributed by atoms with Crippen molar-refractivity contribution in [1.82, 2.24) is 4.98 Å². The lowest BCUT2D eigenvalue weighted by atomic mass is 9.87. The van der Waals surface area contributed by atoms with Crippen LogP contribution in [-0.2, 0) is 6.42 Å². The fraction of sp³-hybridized carbons (Fsp3) is 0.421. The van der Waals surface area contributed by atoms with Crippen molar-refractivity contribution in [2.24, 2.45) is 0 Å². The Labute approximate surface area is 123 Å². The Balaban J connectivity index is 2.54. The van der Waals surface area contributed by atoms with E-state index in [0.717, 1.165) is 6.42 Å². The van der Waals surface area contributed by atoms with E-state index in [0.29, 0.717) is 0 Å². The molecule has 0 radical (unpaired) electrons. The summed E-state index contributed by atoms with van der Waals surface area (Å²) in [7, 11) is 0. The molecule has 2 rings (SSSR count). The highest BCUT2D eigenvalue weighted by molar-refractivity contribution is 5.50. The molecule has 1 aromatic carbocycles. The highest BCUT2D eigenvalue weighted by atomic mass is 14.7. The standard InChI is InChI=1S/C19H25N/c1-11-8-12(2)19(20-10-11)9-18-16(6)14(4)13(3)15(5)17(18)7/h8,10H,9H2,1-7H3. The zero-order valence-electron chi connectivity index (χ0n) is 13.8. The lowest BCUT2D eigenvalue weighted by molar-refractivity contribution is 0.991. The summed E-state index contributed by atoms with van der Waals surface area (Å²) < 4.78 is 0. The predicted molar refractivity (Wildman–Crippen MR) is 86.6 cm³/mol. The molecule has 0 unspecified atom stereocenters. The van der Waals surface area contributed by atoms with Crippen molar-refractivity contribution in [3.05, 3.63) is 62.5 Å². The van der Waals surface area contributed by atoms with Crippen molar-refractivity contribution in [3.63, 3.8) is 0 Å². The molecule has 1 aromatic heterocycles. The van der Waals surface area contributed by atoms with E-state index in [4.69, 9.17) is 0 Å². The van der Waals surface area contributed by atoms with Crippen LogP contribution in [0.4, 0.5) is 0 Å². The third-order valence-electron chi connectivity index (χ3n) is 4.82. The van der Waals surface area contributed by atoms with Gasteiger partial charge in [0, 0.05) is 18.3 Å². The van der Waals surface area contributed by atoms with Gasteiger partial charge in [-0.15, -0.1) is 0 Å². The molecule has 1 heteroatoms. The Hall–Kier alpha value is -1.63. The normalized spacial score (nSPS) is 10.9. The summed E-state index contributed by atoms with van der Waals surface area (Å²) in [5, 5.41) is 0.